The summed E-state index contributed by atoms with van der Waals surface area (Å²) in [5.41, 5.74) is 4.55. The van der Waals surface area contributed by atoms with Crippen molar-refractivity contribution in [3.8, 4) is 5.75 Å². The largest absolute Gasteiger partial charge is 0.488 e. The second-order valence-electron chi connectivity index (χ2n) is 9.19. The molecule has 1 fully saturated rings. The Bertz CT molecular complexity index is 975. The summed E-state index contributed by atoms with van der Waals surface area (Å²) in [6.07, 6.45) is 0.927. The van der Waals surface area contributed by atoms with Crippen molar-refractivity contribution < 1.29 is 9.84 Å². The fourth-order valence-electron chi connectivity index (χ4n) is 3.97. The second kappa shape index (κ2) is 8.76. The van der Waals surface area contributed by atoms with Crippen LogP contribution in [0.15, 0.2) is 42.5 Å². The maximum atomic E-state index is 9.30. The molecule has 0 unspecified atom stereocenters. The number of fused-ring (bicyclic) bond motifs is 1. The molecule has 1 aromatic heterocycles. The van der Waals surface area contributed by atoms with E-state index in [0.29, 0.717) is 19.2 Å². The molecule has 6 heteroatoms. The first-order valence-electron chi connectivity index (χ1n) is 10.7. The highest BCUT2D eigenvalue weighted by molar-refractivity contribution is 5.87. The molecule has 0 aliphatic carbocycles. The Balaban J connectivity index is 1.44. The van der Waals surface area contributed by atoms with Gasteiger partial charge in [-0.3, -0.25) is 5.10 Å². The zero-order valence-corrected chi connectivity index (χ0v) is 18.0. The van der Waals surface area contributed by atoms with Crippen molar-refractivity contribution in [2.24, 2.45) is 0 Å². The lowest BCUT2D eigenvalue weighted by molar-refractivity contribution is 0.253. The van der Waals surface area contributed by atoms with Crippen molar-refractivity contribution in [1.82, 2.24) is 20.8 Å². The summed E-state index contributed by atoms with van der Waals surface area (Å²) < 4.78 is 6.20. The van der Waals surface area contributed by atoms with Crippen LogP contribution in [-0.4, -0.2) is 40.5 Å². The van der Waals surface area contributed by atoms with Crippen LogP contribution in [0, 0.1) is 0 Å². The maximum absolute atomic E-state index is 9.30. The van der Waals surface area contributed by atoms with Crippen LogP contribution in [0.1, 0.15) is 44.0 Å². The number of hydrogen-bond acceptors (Lipinski definition) is 5. The molecule has 0 spiro atoms. The standard InChI is InChI=1S/C24H32N4O2/c1-24(2,3)17-9-7-16(8-10-17)15-30-22-6-4-5-20-23(22)21(28-27-20)13-26-18-11-19(14-29)25-12-18/h4-10,18-19,25-26,29H,11-15H2,1-3H3,(H,27,28)/t18-,19+/m1/s1. The molecule has 0 amide bonds. The van der Waals surface area contributed by atoms with Crippen LogP contribution < -0.4 is 15.4 Å². The van der Waals surface area contributed by atoms with Crippen LogP contribution >= 0.6 is 0 Å². The fourth-order valence-corrected chi connectivity index (χ4v) is 3.97. The number of rotatable bonds is 7. The van der Waals surface area contributed by atoms with Gasteiger partial charge >= 0.3 is 0 Å². The molecule has 0 saturated carbocycles. The van der Waals surface area contributed by atoms with Crippen LogP contribution in [0.2, 0.25) is 0 Å². The lowest BCUT2D eigenvalue weighted by Gasteiger charge is -2.19. The first-order valence-corrected chi connectivity index (χ1v) is 10.7. The molecule has 2 heterocycles. The van der Waals surface area contributed by atoms with Gasteiger partial charge in [-0.05, 0) is 35.1 Å². The van der Waals surface area contributed by atoms with Crippen LogP contribution in [-0.2, 0) is 18.6 Å². The molecule has 30 heavy (non-hydrogen) atoms. The molecule has 1 saturated heterocycles. The number of aromatic nitrogens is 2. The molecular formula is C24H32N4O2. The molecular weight excluding hydrogens is 376 g/mol. The van der Waals surface area contributed by atoms with Gasteiger partial charge in [-0.15, -0.1) is 0 Å². The third-order valence-electron chi connectivity index (χ3n) is 5.84. The van der Waals surface area contributed by atoms with Gasteiger partial charge in [-0.1, -0.05) is 51.1 Å². The SMILES string of the molecule is CC(C)(C)c1ccc(COc2cccc3n[nH]c(CN[C@H]4CN[C@H](CO)C4)c23)cc1. The summed E-state index contributed by atoms with van der Waals surface area (Å²) in [5.74, 6) is 0.843. The number of H-pyrrole nitrogens is 1. The third kappa shape index (κ3) is 4.67. The van der Waals surface area contributed by atoms with Crippen LogP contribution in [0.5, 0.6) is 5.75 Å². The Morgan fingerprint density at radius 1 is 1.17 bits per heavy atom. The molecule has 3 aromatic rings. The van der Waals surface area contributed by atoms with Crippen LogP contribution in [0.4, 0.5) is 0 Å². The van der Waals surface area contributed by atoms with Crippen molar-refractivity contribution >= 4 is 10.9 Å². The zero-order chi connectivity index (χ0) is 21.1. The fraction of sp³-hybridized carbons (Fsp3) is 0.458. The number of ether oxygens (including phenoxy) is 1. The van der Waals surface area contributed by atoms with Gasteiger partial charge in [0.2, 0.25) is 0 Å². The average molecular weight is 409 g/mol. The first-order chi connectivity index (χ1) is 14.4. The molecule has 1 aliphatic rings. The van der Waals surface area contributed by atoms with Crippen molar-refractivity contribution in [3.63, 3.8) is 0 Å². The first kappa shape index (κ1) is 20.8. The number of aliphatic hydroxyl groups excluding tert-OH is 1. The van der Waals surface area contributed by atoms with Crippen molar-refractivity contribution in [2.75, 3.05) is 13.2 Å². The normalized spacial score (nSPS) is 19.5. The molecule has 4 N–H and O–H groups in total. The van der Waals surface area contributed by atoms with E-state index in [9.17, 15) is 5.11 Å². The molecule has 4 rings (SSSR count). The monoisotopic (exact) mass is 408 g/mol. The quantitative estimate of drug-likeness (QED) is 0.482. The van der Waals surface area contributed by atoms with Gasteiger partial charge in [-0.2, -0.15) is 5.10 Å². The van der Waals surface area contributed by atoms with Crippen LogP contribution in [0.3, 0.4) is 0 Å². The zero-order valence-electron chi connectivity index (χ0n) is 18.0. The lowest BCUT2D eigenvalue weighted by Crippen LogP contribution is -2.30. The Kier molecular flexibility index (Phi) is 6.09. The molecule has 2 aromatic carbocycles. The third-order valence-corrected chi connectivity index (χ3v) is 5.84. The summed E-state index contributed by atoms with van der Waals surface area (Å²) >= 11 is 0. The summed E-state index contributed by atoms with van der Waals surface area (Å²) in [6.45, 7) is 8.91. The van der Waals surface area contributed by atoms with E-state index in [0.717, 1.165) is 40.9 Å². The van der Waals surface area contributed by atoms with Gasteiger partial charge in [0.15, 0.2) is 0 Å². The predicted octanol–water partition coefficient (Wildman–Crippen LogP) is 3.25. The van der Waals surface area contributed by atoms with Crippen LogP contribution in [0.25, 0.3) is 10.9 Å². The number of nitrogens with one attached hydrogen (secondary N) is 3. The maximum Gasteiger partial charge on any atom is 0.131 e. The predicted molar refractivity (Wildman–Crippen MR) is 120 cm³/mol. The van der Waals surface area contributed by atoms with Crippen molar-refractivity contribution in [2.45, 2.75) is 57.8 Å². The van der Waals surface area contributed by atoms with E-state index >= 15 is 0 Å². The van der Waals surface area contributed by atoms with E-state index in [-0.39, 0.29) is 18.1 Å². The van der Waals surface area contributed by atoms with Gasteiger partial charge in [-0.25, -0.2) is 0 Å². The summed E-state index contributed by atoms with van der Waals surface area (Å²) in [6, 6.07) is 15.2. The smallest absolute Gasteiger partial charge is 0.131 e. The number of hydrogen-bond donors (Lipinski definition) is 4. The van der Waals surface area contributed by atoms with Crippen molar-refractivity contribution in [1.29, 1.82) is 0 Å². The topological polar surface area (TPSA) is 82.2 Å². The minimum atomic E-state index is 0.149. The van der Waals surface area contributed by atoms with Gasteiger partial charge in [0.1, 0.15) is 12.4 Å². The molecule has 160 valence electrons. The highest BCUT2D eigenvalue weighted by atomic mass is 16.5. The van der Waals surface area contributed by atoms with Gasteiger partial charge in [0.05, 0.1) is 23.2 Å². The average Bonchev–Trinajstić information content (AvgIpc) is 3.37. The second-order valence-corrected chi connectivity index (χ2v) is 9.19. The van der Waals surface area contributed by atoms with Crippen molar-refractivity contribution in [3.05, 3.63) is 59.3 Å². The van der Waals surface area contributed by atoms with Gasteiger partial charge < -0.3 is 20.5 Å². The lowest BCUT2D eigenvalue weighted by atomic mass is 9.87. The molecule has 0 bridgehead atoms. The summed E-state index contributed by atoms with van der Waals surface area (Å²) in [7, 11) is 0. The van der Waals surface area contributed by atoms with E-state index in [1.807, 2.05) is 18.2 Å². The Labute approximate surface area is 178 Å². The minimum absolute atomic E-state index is 0.149. The summed E-state index contributed by atoms with van der Waals surface area (Å²) in [5, 5.41) is 24.8. The highest BCUT2D eigenvalue weighted by Gasteiger charge is 2.23. The van der Waals surface area contributed by atoms with E-state index in [1.165, 1.54) is 5.56 Å². The molecule has 6 nitrogen and oxygen atoms in total. The number of benzene rings is 2. The Morgan fingerprint density at radius 3 is 2.67 bits per heavy atom. The number of nitrogens with zero attached hydrogens (tertiary/aromatic N) is 1. The number of aromatic amines is 1. The minimum Gasteiger partial charge on any atom is -0.488 e. The molecule has 2 atom stereocenters. The number of aliphatic hydroxyl groups is 1. The van der Waals surface area contributed by atoms with Gasteiger partial charge in [0, 0.05) is 25.2 Å². The molecule has 1 aliphatic heterocycles. The summed E-state index contributed by atoms with van der Waals surface area (Å²) in [4.78, 5) is 0. The Hall–Kier alpha value is -2.41. The van der Waals surface area contributed by atoms with E-state index in [1.54, 1.807) is 0 Å². The Morgan fingerprint density at radius 2 is 1.97 bits per heavy atom. The highest BCUT2D eigenvalue weighted by Crippen LogP contribution is 2.29. The van der Waals surface area contributed by atoms with Gasteiger partial charge in [0.25, 0.3) is 0 Å². The van der Waals surface area contributed by atoms with E-state index in [4.69, 9.17) is 4.74 Å². The van der Waals surface area contributed by atoms with E-state index < -0.39 is 0 Å². The van der Waals surface area contributed by atoms with E-state index in [2.05, 4.69) is 65.9 Å². The molecule has 0 radical (unpaired) electrons.